The molecule has 0 bridgehead atoms. The van der Waals surface area contributed by atoms with Crippen LogP contribution in [0.4, 0.5) is 0 Å². The highest BCUT2D eigenvalue weighted by molar-refractivity contribution is 4.73. The topological polar surface area (TPSA) is 44.7 Å². The fourth-order valence-corrected chi connectivity index (χ4v) is 0.944. The second kappa shape index (κ2) is 2.89. The van der Waals surface area contributed by atoms with Gasteiger partial charge in [-0.25, -0.2) is 0 Å². The van der Waals surface area contributed by atoms with Crippen molar-refractivity contribution in [3.63, 3.8) is 0 Å². The van der Waals surface area contributed by atoms with Gasteiger partial charge in [-0.2, -0.15) is 0 Å². The Hall–Kier alpha value is -0.480. The zero-order valence-corrected chi connectivity index (χ0v) is 5.50. The highest BCUT2D eigenvalue weighted by Crippen LogP contribution is 1.95. The summed E-state index contributed by atoms with van der Waals surface area (Å²) in [5, 5.41) is 5.87. The fourth-order valence-electron chi connectivity index (χ4n) is 0.944. The number of nitrogens with zero attached hydrogens (tertiary/aromatic N) is 2. The monoisotopic (exact) mass is 129 g/mol. The molecule has 0 amide bonds. The van der Waals surface area contributed by atoms with E-state index in [4.69, 9.17) is 0 Å². The maximum Gasteiger partial charge on any atom is 0.155 e. The van der Waals surface area contributed by atoms with Crippen LogP contribution in [-0.2, 0) is 0 Å². The van der Waals surface area contributed by atoms with Crippen molar-refractivity contribution in [3.8, 4) is 0 Å². The summed E-state index contributed by atoms with van der Waals surface area (Å²) in [7, 11) is 1.99. The molecule has 1 N–H and O–H groups in total. The second-order valence-corrected chi connectivity index (χ2v) is 2.34. The van der Waals surface area contributed by atoms with E-state index in [2.05, 4.69) is 15.4 Å². The Labute approximate surface area is 54.2 Å². The van der Waals surface area contributed by atoms with Gasteiger partial charge in [0, 0.05) is 19.6 Å². The van der Waals surface area contributed by atoms with E-state index in [1.807, 2.05) is 7.05 Å². The van der Waals surface area contributed by atoms with Crippen LogP contribution in [0.2, 0.25) is 0 Å². The number of hydrogen-bond donors (Lipinski definition) is 1. The molecule has 4 nitrogen and oxygen atoms in total. The number of piperazine rings is 1. The van der Waals surface area contributed by atoms with Crippen molar-refractivity contribution in [1.82, 2.24) is 10.2 Å². The number of nitrogens with one attached hydrogen (secondary N) is 1. The smallest absolute Gasteiger partial charge is 0.155 e. The van der Waals surface area contributed by atoms with Gasteiger partial charge in [0.05, 0.1) is 0 Å². The van der Waals surface area contributed by atoms with Gasteiger partial charge in [-0.15, -0.1) is 4.91 Å². The van der Waals surface area contributed by atoms with Crippen LogP contribution in [0.3, 0.4) is 0 Å². The Morgan fingerprint density at radius 1 is 1.78 bits per heavy atom. The molecule has 9 heavy (non-hydrogen) atoms. The Morgan fingerprint density at radius 3 is 3.00 bits per heavy atom. The van der Waals surface area contributed by atoms with E-state index >= 15 is 0 Å². The van der Waals surface area contributed by atoms with Crippen LogP contribution >= 0.6 is 0 Å². The molecule has 0 aromatic heterocycles. The summed E-state index contributed by atoms with van der Waals surface area (Å²) in [6.07, 6.45) is -0.191. The average molecular weight is 129 g/mol. The third-order valence-corrected chi connectivity index (χ3v) is 1.49. The number of rotatable bonds is 1. The quantitative estimate of drug-likeness (QED) is 0.490. The second-order valence-electron chi connectivity index (χ2n) is 2.34. The van der Waals surface area contributed by atoms with Gasteiger partial charge in [0.25, 0.3) is 0 Å². The Bertz CT molecular complexity index is 106. The first-order valence-corrected chi connectivity index (χ1v) is 3.07. The molecular weight excluding hydrogens is 118 g/mol. The Balaban J connectivity index is 2.31. The lowest BCUT2D eigenvalue weighted by molar-refractivity contribution is 0.242. The molecule has 4 heteroatoms. The summed E-state index contributed by atoms with van der Waals surface area (Å²) in [6.45, 7) is 2.61. The summed E-state index contributed by atoms with van der Waals surface area (Å²) in [5.41, 5.74) is 0. The van der Waals surface area contributed by atoms with Crippen molar-refractivity contribution in [2.75, 3.05) is 26.7 Å². The Kier molecular flexibility index (Phi) is 2.13. The third kappa shape index (κ3) is 1.73. The van der Waals surface area contributed by atoms with Gasteiger partial charge in [-0.3, -0.25) is 5.32 Å². The molecule has 1 aliphatic heterocycles. The predicted molar refractivity (Wildman–Crippen MR) is 35.1 cm³/mol. The van der Waals surface area contributed by atoms with Crippen LogP contribution in [0.1, 0.15) is 0 Å². The van der Waals surface area contributed by atoms with E-state index in [1.54, 1.807) is 0 Å². The molecule has 0 saturated carbocycles. The maximum atomic E-state index is 9.97. The van der Waals surface area contributed by atoms with Crippen LogP contribution in [0, 0.1) is 4.91 Å². The SMILES string of the molecule is CN1CCNC(N=O)C1. The first kappa shape index (κ1) is 6.64. The molecule has 0 spiro atoms. The molecule has 0 aliphatic carbocycles. The minimum absolute atomic E-state index is 0.191. The van der Waals surface area contributed by atoms with E-state index in [-0.39, 0.29) is 6.17 Å². The molecule has 1 fully saturated rings. The van der Waals surface area contributed by atoms with Crippen molar-refractivity contribution in [3.05, 3.63) is 4.91 Å². The van der Waals surface area contributed by atoms with Crippen LogP contribution in [-0.4, -0.2) is 37.7 Å². The number of hydrogen-bond acceptors (Lipinski definition) is 4. The highest BCUT2D eigenvalue weighted by atomic mass is 16.3. The zero-order chi connectivity index (χ0) is 6.69. The molecule has 1 unspecified atom stereocenters. The van der Waals surface area contributed by atoms with Crippen LogP contribution < -0.4 is 5.32 Å². The van der Waals surface area contributed by atoms with Gasteiger partial charge in [-0.05, 0) is 12.2 Å². The van der Waals surface area contributed by atoms with Crippen LogP contribution in [0.25, 0.3) is 0 Å². The molecule has 0 aromatic rings. The highest BCUT2D eigenvalue weighted by Gasteiger charge is 2.15. The Morgan fingerprint density at radius 2 is 2.56 bits per heavy atom. The minimum atomic E-state index is -0.191. The lowest BCUT2D eigenvalue weighted by atomic mass is 10.3. The van der Waals surface area contributed by atoms with Gasteiger partial charge in [-0.1, -0.05) is 0 Å². The lowest BCUT2D eigenvalue weighted by Crippen LogP contribution is -2.47. The van der Waals surface area contributed by atoms with Gasteiger partial charge in [0.2, 0.25) is 0 Å². The van der Waals surface area contributed by atoms with E-state index in [9.17, 15) is 4.91 Å². The van der Waals surface area contributed by atoms with Crippen molar-refractivity contribution in [2.24, 2.45) is 5.18 Å². The summed E-state index contributed by atoms with van der Waals surface area (Å²) < 4.78 is 0. The van der Waals surface area contributed by atoms with Gasteiger partial charge < -0.3 is 4.90 Å². The molecule has 0 aromatic carbocycles. The summed E-state index contributed by atoms with van der Waals surface area (Å²) in [6, 6.07) is 0. The van der Waals surface area contributed by atoms with E-state index in [0.29, 0.717) is 0 Å². The first-order chi connectivity index (χ1) is 4.33. The molecular formula is C5H11N3O. The van der Waals surface area contributed by atoms with Crippen molar-refractivity contribution >= 4 is 0 Å². The number of likely N-dealkylation sites (N-methyl/N-ethyl adjacent to an activating group) is 1. The third-order valence-electron chi connectivity index (χ3n) is 1.49. The normalized spacial score (nSPS) is 30.1. The van der Waals surface area contributed by atoms with Gasteiger partial charge >= 0.3 is 0 Å². The number of nitroso groups, excluding NO2 is 1. The van der Waals surface area contributed by atoms with Crippen molar-refractivity contribution in [1.29, 1.82) is 0 Å². The van der Waals surface area contributed by atoms with Crippen molar-refractivity contribution < 1.29 is 0 Å². The van der Waals surface area contributed by atoms with E-state index in [1.165, 1.54) is 0 Å². The fraction of sp³-hybridized carbons (Fsp3) is 1.00. The molecule has 1 saturated heterocycles. The maximum absolute atomic E-state index is 9.97. The minimum Gasteiger partial charge on any atom is -0.301 e. The molecule has 1 rings (SSSR count). The predicted octanol–water partition coefficient (Wildman–Crippen LogP) is -0.386. The first-order valence-electron chi connectivity index (χ1n) is 3.07. The zero-order valence-electron chi connectivity index (χ0n) is 5.50. The molecule has 1 atom stereocenters. The van der Waals surface area contributed by atoms with Crippen LogP contribution in [0.15, 0.2) is 5.18 Å². The van der Waals surface area contributed by atoms with Gasteiger partial charge in [0.1, 0.15) is 0 Å². The largest absolute Gasteiger partial charge is 0.301 e. The molecule has 1 aliphatic rings. The summed E-state index contributed by atoms with van der Waals surface area (Å²) in [5.74, 6) is 0. The average Bonchev–Trinajstić information content (AvgIpc) is 1.88. The summed E-state index contributed by atoms with van der Waals surface area (Å²) in [4.78, 5) is 12.1. The van der Waals surface area contributed by atoms with Crippen LogP contribution in [0.5, 0.6) is 0 Å². The van der Waals surface area contributed by atoms with E-state index < -0.39 is 0 Å². The van der Waals surface area contributed by atoms with Crippen molar-refractivity contribution in [2.45, 2.75) is 6.17 Å². The lowest BCUT2D eigenvalue weighted by Gasteiger charge is -2.25. The standard InChI is InChI=1S/C5H11N3O/c1-8-3-2-6-5(4-8)7-9/h5-6H,2-4H2,1H3. The molecule has 0 radical (unpaired) electrons. The van der Waals surface area contributed by atoms with Gasteiger partial charge in [0.15, 0.2) is 6.17 Å². The molecule has 1 heterocycles. The molecule has 52 valence electrons. The summed E-state index contributed by atoms with van der Waals surface area (Å²) >= 11 is 0. The van der Waals surface area contributed by atoms with E-state index in [0.717, 1.165) is 19.6 Å².